The second kappa shape index (κ2) is 5.43. The quantitative estimate of drug-likeness (QED) is 0.231. The fraction of sp³-hybridized carbons (Fsp3) is 0.125. The van der Waals surface area contributed by atoms with Crippen molar-refractivity contribution >= 4 is 17.9 Å². The van der Waals surface area contributed by atoms with Crippen LogP contribution in [0, 0.1) is 0 Å². The van der Waals surface area contributed by atoms with E-state index in [0.717, 1.165) is 7.11 Å². The van der Waals surface area contributed by atoms with E-state index in [-0.39, 0.29) is 6.08 Å². The molecule has 0 aliphatic carbocycles. The zero-order valence-electron chi connectivity index (χ0n) is 7.55. The van der Waals surface area contributed by atoms with E-state index in [2.05, 4.69) is 4.74 Å². The van der Waals surface area contributed by atoms with Gasteiger partial charge in [0.1, 0.15) is 0 Å². The lowest BCUT2D eigenvalue weighted by Crippen LogP contribution is -2.26. The first-order valence-electron chi connectivity index (χ1n) is 3.51. The van der Waals surface area contributed by atoms with Gasteiger partial charge < -0.3 is 24.9 Å². The molecule has 0 aliphatic rings. The summed E-state index contributed by atoms with van der Waals surface area (Å²) >= 11 is 0. The van der Waals surface area contributed by atoms with E-state index in [1.807, 2.05) is 0 Å². The number of methoxy groups -OCH3 is 1. The highest BCUT2D eigenvalue weighted by molar-refractivity contribution is 5.98. The van der Waals surface area contributed by atoms with Gasteiger partial charge in [0.15, 0.2) is 0 Å². The Morgan fingerprint density at radius 1 is 1.20 bits per heavy atom. The number of rotatable bonds is 4. The van der Waals surface area contributed by atoms with Crippen LogP contribution < -0.4 is 10.2 Å². The van der Waals surface area contributed by atoms with E-state index < -0.39 is 29.2 Å². The van der Waals surface area contributed by atoms with Gasteiger partial charge in [-0.2, -0.15) is 0 Å². The third-order valence-electron chi connectivity index (χ3n) is 1.21. The molecule has 0 saturated carbocycles. The van der Waals surface area contributed by atoms with E-state index in [9.17, 15) is 24.6 Å². The van der Waals surface area contributed by atoms with Crippen molar-refractivity contribution in [2.24, 2.45) is 0 Å². The molecule has 0 aromatic carbocycles. The molecular weight excluding hydrogens is 208 g/mol. The summed E-state index contributed by atoms with van der Waals surface area (Å²) < 4.78 is 4.09. The van der Waals surface area contributed by atoms with Crippen molar-refractivity contribution in [2.75, 3.05) is 7.11 Å². The van der Waals surface area contributed by atoms with Gasteiger partial charge in [0.05, 0.1) is 13.1 Å². The van der Waals surface area contributed by atoms with Crippen LogP contribution in [0.15, 0.2) is 23.5 Å². The van der Waals surface area contributed by atoms with Gasteiger partial charge in [-0.05, 0) is 5.76 Å². The number of carboxylic acid groups (broad SMARTS) is 2. The normalized spacial score (nSPS) is 12.1. The minimum Gasteiger partial charge on any atom is -0.868 e. The van der Waals surface area contributed by atoms with Gasteiger partial charge in [-0.3, -0.25) is 0 Å². The maximum Gasteiger partial charge on any atom is 0.331 e. The number of carbonyl (C=O) groups is 3. The molecule has 0 aromatic rings. The second-order valence-electron chi connectivity index (χ2n) is 2.22. The molecule has 0 rings (SSSR count). The highest BCUT2D eigenvalue weighted by Gasteiger charge is 2.02. The Balaban J connectivity index is 5.09. The zero-order chi connectivity index (χ0) is 12.0. The molecule has 0 bridgehead atoms. The van der Waals surface area contributed by atoms with Gasteiger partial charge >= 0.3 is 11.9 Å². The first kappa shape index (κ1) is 12.7. The van der Waals surface area contributed by atoms with Crippen LogP contribution in [0.2, 0.25) is 0 Å². The predicted octanol–water partition coefficient (Wildman–Crippen LogP) is -2.84. The number of carboxylic acids is 2. The molecule has 0 spiro atoms. The van der Waals surface area contributed by atoms with Crippen LogP contribution >= 0.6 is 0 Å². The number of carbonyl (C=O) groups excluding carboxylic acids is 2. The number of hydrogen-bond acceptors (Lipinski definition) is 6. The van der Waals surface area contributed by atoms with Gasteiger partial charge in [0.2, 0.25) is 0 Å². The summed E-state index contributed by atoms with van der Waals surface area (Å²) in [5.74, 6) is -6.21. The molecule has 0 amide bonds. The molecule has 82 valence electrons. The fourth-order valence-electron chi connectivity index (χ4n) is 0.548. The minimum atomic E-state index is -1.85. The van der Waals surface area contributed by atoms with Gasteiger partial charge in [-0.15, -0.1) is 0 Å². The topological polar surface area (TPSA) is 127 Å². The molecule has 0 unspecified atom stereocenters. The van der Waals surface area contributed by atoms with E-state index >= 15 is 0 Å². The monoisotopic (exact) mass is 214 g/mol. The van der Waals surface area contributed by atoms with Gasteiger partial charge in [0, 0.05) is 11.6 Å². The van der Waals surface area contributed by atoms with Gasteiger partial charge in [0.25, 0.3) is 0 Å². The summed E-state index contributed by atoms with van der Waals surface area (Å²) in [6, 6.07) is 0. The number of aliphatic carboxylic acids is 2. The van der Waals surface area contributed by atoms with Crippen LogP contribution in [0.4, 0.5) is 0 Å². The predicted molar refractivity (Wildman–Crippen MR) is 40.8 cm³/mol. The molecule has 0 aromatic heterocycles. The summed E-state index contributed by atoms with van der Waals surface area (Å²) in [5, 5.41) is 29.1. The van der Waals surface area contributed by atoms with Crippen molar-refractivity contribution in [3.63, 3.8) is 0 Å². The van der Waals surface area contributed by atoms with E-state index in [0.29, 0.717) is 6.08 Å². The molecule has 1 N–H and O–H groups in total. The Bertz CT molecular complexity index is 350. The first-order valence-corrected chi connectivity index (χ1v) is 3.51. The summed E-state index contributed by atoms with van der Waals surface area (Å²) in [6.07, 6.45) is 0.699. The molecular formula is C8H6O7-2. The Kier molecular flexibility index (Phi) is 4.59. The highest BCUT2D eigenvalue weighted by atomic mass is 16.5. The van der Waals surface area contributed by atoms with E-state index in [4.69, 9.17) is 5.11 Å². The summed E-state index contributed by atoms with van der Waals surface area (Å²) in [4.78, 5) is 31.0. The minimum absolute atomic E-state index is 0.259. The third kappa shape index (κ3) is 4.46. The van der Waals surface area contributed by atoms with Crippen molar-refractivity contribution in [2.45, 2.75) is 0 Å². The largest absolute Gasteiger partial charge is 0.868 e. The Morgan fingerprint density at radius 3 is 2.07 bits per heavy atom. The maximum absolute atomic E-state index is 10.6. The van der Waals surface area contributed by atoms with Crippen molar-refractivity contribution in [1.82, 2.24) is 0 Å². The summed E-state index contributed by atoms with van der Waals surface area (Å²) in [7, 11) is 0.991. The van der Waals surface area contributed by atoms with Crippen LogP contribution in [0.5, 0.6) is 0 Å². The number of esters is 1. The molecule has 0 aliphatic heterocycles. The molecule has 0 heterocycles. The highest BCUT2D eigenvalue weighted by Crippen LogP contribution is 1.99. The molecule has 0 saturated heterocycles. The summed E-state index contributed by atoms with van der Waals surface area (Å²) in [6.45, 7) is 0. The lowest BCUT2D eigenvalue weighted by atomic mass is 10.2. The Labute approximate surface area is 83.9 Å². The molecule has 0 fully saturated rings. The van der Waals surface area contributed by atoms with Crippen molar-refractivity contribution < 1.29 is 34.4 Å². The van der Waals surface area contributed by atoms with Gasteiger partial charge in [-0.25, -0.2) is 9.59 Å². The van der Waals surface area contributed by atoms with Crippen LogP contribution in [0.3, 0.4) is 0 Å². The molecule has 0 radical (unpaired) electrons. The Morgan fingerprint density at radius 2 is 1.73 bits per heavy atom. The number of hydrogen-bond donors (Lipinski definition) is 1. The SMILES string of the molecule is COC(=O)/C=C(\C=C(/[O-])C(=O)O)C(=O)[O-]. The van der Waals surface area contributed by atoms with Crippen molar-refractivity contribution in [3.05, 3.63) is 23.5 Å². The van der Waals surface area contributed by atoms with Crippen LogP contribution in [-0.4, -0.2) is 30.1 Å². The number of ether oxygens (including phenoxy) is 1. The van der Waals surface area contributed by atoms with E-state index in [1.54, 1.807) is 0 Å². The molecule has 0 atom stereocenters. The van der Waals surface area contributed by atoms with Crippen molar-refractivity contribution in [1.29, 1.82) is 0 Å². The van der Waals surface area contributed by atoms with E-state index in [1.165, 1.54) is 0 Å². The smallest absolute Gasteiger partial charge is 0.331 e. The summed E-state index contributed by atoms with van der Waals surface area (Å²) in [5.41, 5.74) is -0.866. The lowest BCUT2D eigenvalue weighted by molar-refractivity contribution is -0.305. The third-order valence-corrected chi connectivity index (χ3v) is 1.21. The molecule has 7 heteroatoms. The first-order chi connectivity index (χ1) is 6.88. The van der Waals surface area contributed by atoms with Crippen LogP contribution in [0.25, 0.3) is 0 Å². The zero-order valence-corrected chi connectivity index (χ0v) is 7.55. The lowest BCUT2D eigenvalue weighted by Gasteiger charge is -2.08. The Hall–Kier alpha value is -2.31. The maximum atomic E-state index is 10.6. The average Bonchev–Trinajstić information content (AvgIpc) is 2.15. The van der Waals surface area contributed by atoms with Crippen molar-refractivity contribution in [3.8, 4) is 0 Å². The van der Waals surface area contributed by atoms with Crippen LogP contribution in [0.1, 0.15) is 0 Å². The van der Waals surface area contributed by atoms with Gasteiger partial charge in [-0.1, -0.05) is 6.08 Å². The molecule has 7 nitrogen and oxygen atoms in total. The van der Waals surface area contributed by atoms with Crippen LogP contribution in [-0.2, 0) is 19.1 Å². The fourth-order valence-corrected chi connectivity index (χ4v) is 0.548. The molecule has 15 heavy (non-hydrogen) atoms. The second-order valence-corrected chi connectivity index (χ2v) is 2.22. The standard InChI is InChI=1S/C8H8O7/c1-15-6(10)3-4(7(11)12)2-5(9)8(13)14/h2-3,9H,1H3,(H,11,12)(H,13,14)/p-2/b4-3+,5-2-. The average molecular weight is 214 g/mol.